The van der Waals surface area contributed by atoms with Gasteiger partial charge in [-0.05, 0) is 37.6 Å². The van der Waals surface area contributed by atoms with Crippen molar-refractivity contribution in [2.75, 3.05) is 39.8 Å². The normalized spacial score (nSPS) is 17.5. The van der Waals surface area contributed by atoms with Gasteiger partial charge in [0.1, 0.15) is 0 Å². The second-order valence-corrected chi connectivity index (χ2v) is 8.00. The maximum absolute atomic E-state index is 12.7. The van der Waals surface area contributed by atoms with E-state index in [2.05, 4.69) is 10.2 Å². The lowest BCUT2D eigenvalue weighted by molar-refractivity contribution is -0.149. The van der Waals surface area contributed by atoms with E-state index in [1.807, 2.05) is 23.6 Å². The first-order valence-electron chi connectivity index (χ1n) is 10.4. The summed E-state index contributed by atoms with van der Waals surface area (Å²) in [5, 5.41) is 20.1. The lowest BCUT2D eigenvalue weighted by atomic mass is 10.0. The molecule has 0 bridgehead atoms. The number of nitrogens with zero attached hydrogens (tertiary/aromatic N) is 3. The molecule has 1 aliphatic rings. The van der Waals surface area contributed by atoms with Gasteiger partial charge in [0.05, 0.1) is 12.1 Å². The van der Waals surface area contributed by atoms with Crippen molar-refractivity contribution in [3.63, 3.8) is 0 Å². The topological polar surface area (TPSA) is 84.1 Å². The third-order valence-electron chi connectivity index (χ3n) is 6.00. The van der Waals surface area contributed by atoms with Crippen molar-refractivity contribution in [2.45, 2.75) is 26.1 Å². The summed E-state index contributed by atoms with van der Waals surface area (Å²) in [4.78, 5) is 15.4. The fourth-order valence-corrected chi connectivity index (χ4v) is 4.40. The molecule has 0 spiro atoms. The van der Waals surface area contributed by atoms with E-state index in [4.69, 9.17) is 5.41 Å². The van der Waals surface area contributed by atoms with Crippen molar-refractivity contribution >= 4 is 23.4 Å². The number of carboxylic acid groups (broad SMARTS) is 1. The molecule has 0 aliphatic carbocycles. The van der Waals surface area contributed by atoms with Gasteiger partial charge in [-0.3, -0.25) is 9.80 Å². The largest absolute Gasteiger partial charge is 0.478 e. The Morgan fingerprint density at radius 1 is 1.28 bits per heavy atom. The predicted molar refractivity (Wildman–Crippen MR) is 117 cm³/mol. The monoisotopic (exact) mass is 451 g/mol. The number of pyridine rings is 1. The van der Waals surface area contributed by atoms with Crippen LogP contribution in [0, 0.1) is 12.3 Å². The molecule has 0 saturated carbocycles. The van der Waals surface area contributed by atoms with Crippen LogP contribution in [0.25, 0.3) is 11.2 Å². The zero-order valence-electron chi connectivity index (χ0n) is 18.3. The van der Waals surface area contributed by atoms with Crippen molar-refractivity contribution < 1.29 is 23.1 Å². The zero-order valence-corrected chi connectivity index (χ0v) is 18.3. The van der Waals surface area contributed by atoms with Crippen molar-refractivity contribution in [2.24, 2.45) is 0 Å². The molecule has 0 radical (unpaired) electrons. The van der Waals surface area contributed by atoms with E-state index >= 15 is 0 Å². The van der Waals surface area contributed by atoms with Crippen LogP contribution in [0.3, 0.4) is 0 Å². The molecule has 2 aromatic heterocycles. The molecule has 1 unspecified atom stereocenters. The van der Waals surface area contributed by atoms with E-state index in [1.165, 1.54) is 11.1 Å². The lowest BCUT2D eigenvalue weighted by Crippen LogP contribution is -2.49. The number of hydrogen-bond donors (Lipinski definition) is 3. The Morgan fingerprint density at radius 2 is 1.94 bits per heavy atom. The van der Waals surface area contributed by atoms with Crippen LogP contribution in [0.2, 0.25) is 0 Å². The van der Waals surface area contributed by atoms with Gasteiger partial charge in [0.25, 0.3) is 0 Å². The molecule has 2 aromatic rings. The number of allylic oxidation sites excluding steroid dienone is 1. The number of hydrogen-bond acceptors (Lipinski definition) is 5. The van der Waals surface area contributed by atoms with Crippen LogP contribution >= 0.6 is 0 Å². The SMILES string of the molecule is CN/C(=C\C=N)c1cc2cc(C(=O)O)c(C)c(C(C)N3CCN(CC(F)(F)F)CC3)n2c1. The Bertz CT molecular complexity index is 1040. The Labute approximate surface area is 184 Å². The highest BCUT2D eigenvalue weighted by molar-refractivity contribution is 5.92. The number of rotatable bonds is 7. The molecule has 1 atom stereocenters. The van der Waals surface area contributed by atoms with Gasteiger partial charge in [-0.2, -0.15) is 13.2 Å². The molecule has 3 rings (SSSR count). The summed E-state index contributed by atoms with van der Waals surface area (Å²) in [6.45, 7) is 4.32. The molecular weight excluding hydrogens is 423 g/mol. The second-order valence-electron chi connectivity index (χ2n) is 8.00. The summed E-state index contributed by atoms with van der Waals surface area (Å²) in [6.07, 6.45) is 0.462. The van der Waals surface area contributed by atoms with Crippen molar-refractivity contribution in [1.29, 1.82) is 5.41 Å². The number of fused-ring (bicyclic) bond motifs is 1. The summed E-state index contributed by atoms with van der Waals surface area (Å²) < 4.78 is 40.1. The van der Waals surface area contributed by atoms with Crippen molar-refractivity contribution in [3.8, 4) is 0 Å². The Balaban J connectivity index is 1.99. The summed E-state index contributed by atoms with van der Waals surface area (Å²) in [7, 11) is 1.75. The Kier molecular flexibility index (Phi) is 6.94. The van der Waals surface area contributed by atoms with Crippen molar-refractivity contribution in [1.82, 2.24) is 19.5 Å². The highest BCUT2D eigenvalue weighted by Crippen LogP contribution is 2.31. The van der Waals surface area contributed by atoms with E-state index in [0.29, 0.717) is 37.3 Å². The van der Waals surface area contributed by atoms with Gasteiger partial charge in [0, 0.05) is 74.2 Å². The van der Waals surface area contributed by atoms with Crippen LogP contribution in [-0.2, 0) is 0 Å². The second kappa shape index (κ2) is 9.33. The highest BCUT2D eigenvalue weighted by Gasteiger charge is 2.33. The third-order valence-corrected chi connectivity index (χ3v) is 6.00. The van der Waals surface area contributed by atoms with Crippen LogP contribution < -0.4 is 5.32 Å². The minimum absolute atomic E-state index is 0.196. The molecule has 3 N–H and O–H groups in total. The summed E-state index contributed by atoms with van der Waals surface area (Å²) in [6, 6.07) is 3.28. The zero-order chi connectivity index (χ0) is 23.6. The van der Waals surface area contributed by atoms with E-state index in [1.54, 1.807) is 26.1 Å². The number of piperazine rings is 1. The molecule has 7 nitrogen and oxygen atoms in total. The van der Waals surface area contributed by atoms with E-state index < -0.39 is 18.7 Å². The molecule has 3 heterocycles. The van der Waals surface area contributed by atoms with Crippen LogP contribution in [0.4, 0.5) is 13.2 Å². The number of aromatic nitrogens is 1. The molecule has 174 valence electrons. The van der Waals surface area contributed by atoms with Gasteiger partial charge in [-0.25, -0.2) is 4.79 Å². The van der Waals surface area contributed by atoms with Gasteiger partial charge < -0.3 is 20.2 Å². The Morgan fingerprint density at radius 3 is 2.47 bits per heavy atom. The number of halogens is 3. The fraction of sp³-hybridized carbons (Fsp3) is 0.455. The minimum Gasteiger partial charge on any atom is -0.478 e. The first-order valence-corrected chi connectivity index (χ1v) is 10.4. The van der Waals surface area contributed by atoms with Crippen LogP contribution in [0.15, 0.2) is 24.4 Å². The van der Waals surface area contributed by atoms with Crippen LogP contribution in [-0.4, -0.2) is 77.4 Å². The fourth-order valence-electron chi connectivity index (χ4n) is 4.40. The molecule has 0 amide bonds. The average molecular weight is 451 g/mol. The first kappa shape index (κ1) is 23.8. The number of alkyl halides is 3. The summed E-state index contributed by atoms with van der Waals surface area (Å²) in [5.74, 6) is -1.03. The van der Waals surface area contributed by atoms with E-state index in [0.717, 1.165) is 17.0 Å². The standard InChI is InChI=1S/C22H28F3N5O2/c1-14-18(21(31)32)11-17-10-16(19(27-3)4-5-26)12-30(17)20(14)15(2)29-8-6-28(7-9-29)13-22(23,24)25/h4-5,10-12,15,26-27H,6-9,13H2,1-3H3,(H,31,32)/b19-4-,26-5?. The summed E-state index contributed by atoms with van der Waals surface area (Å²) in [5.41, 5.74) is 3.84. The number of aromatic carboxylic acids is 1. The lowest BCUT2D eigenvalue weighted by Gasteiger charge is -2.39. The van der Waals surface area contributed by atoms with Crippen LogP contribution in [0.1, 0.15) is 40.1 Å². The maximum atomic E-state index is 12.7. The maximum Gasteiger partial charge on any atom is 0.401 e. The number of nitrogens with one attached hydrogen (secondary N) is 2. The molecule has 10 heteroatoms. The number of carboxylic acids is 1. The van der Waals surface area contributed by atoms with Crippen molar-refractivity contribution in [3.05, 3.63) is 46.8 Å². The molecule has 0 aromatic carbocycles. The van der Waals surface area contributed by atoms with E-state index in [9.17, 15) is 23.1 Å². The molecule has 1 saturated heterocycles. The van der Waals surface area contributed by atoms with Gasteiger partial charge in [0.15, 0.2) is 0 Å². The van der Waals surface area contributed by atoms with Gasteiger partial charge >= 0.3 is 12.1 Å². The predicted octanol–water partition coefficient (Wildman–Crippen LogP) is 3.40. The van der Waals surface area contributed by atoms with Crippen LogP contribution in [0.5, 0.6) is 0 Å². The Hall–Kier alpha value is -2.85. The first-order chi connectivity index (χ1) is 15.1. The number of carbonyl (C=O) groups is 1. The van der Waals surface area contributed by atoms with Gasteiger partial charge in [0.2, 0.25) is 0 Å². The average Bonchev–Trinajstić information content (AvgIpc) is 3.13. The molecule has 1 aliphatic heterocycles. The van der Waals surface area contributed by atoms with Gasteiger partial charge in [-0.15, -0.1) is 0 Å². The molecule has 32 heavy (non-hydrogen) atoms. The molecular formula is C22H28F3N5O2. The minimum atomic E-state index is -4.22. The highest BCUT2D eigenvalue weighted by atomic mass is 19.4. The summed E-state index contributed by atoms with van der Waals surface area (Å²) >= 11 is 0. The quantitative estimate of drug-likeness (QED) is 0.562. The molecule has 1 fully saturated rings. The smallest absolute Gasteiger partial charge is 0.401 e. The van der Waals surface area contributed by atoms with E-state index in [-0.39, 0.29) is 11.6 Å². The van der Waals surface area contributed by atoms with Gasteiger partial charge in [-0.1, -0.05) is 0 Å². The third kappa shape index (κ3) is 4.97.